The van der Waals surface area contributed by atoms with Crippen LogP contribution in [0.2, 0.25) is 15.5 Å². The fraction of sp³-hybridized carbons (Fsp3) is 0.833. The Balaban J connectivity index is 0. The molecule has 0 amide bonds. The Hall–Kier alpha value is 0.911. The molecule has 0 aromatic heterocycles. The summed E-state index contributed by atoms with van der Waals surface area (Å²) in [6.45, 7) is 26.7. The van der Waals surface area contributed by atoms with Gasteiger partial charge >= 0.3 is 182 Å². The molecule has 1 N–H and O–H groups in total. The number of hydrogen-bond donors (Lipinski definition) is 1. The predicted octanol–water partition coefficient (Wildman–Crippen LogP) is 0.852. The first-order valence-corrected chi connectivity index (χ1v) is 19.7. The van der Waals surface area contributed by atoms with Gasteiger partial charge in [-0.1, -0.05) is 0 Å². The van der Waals surface area contributed by atoms with Crippen molar-refractivity contribution in [1.29, 1.82) is 0 Å². The van der Waals surface area contributed by atoms with Gasteiger partial charge in [0.15, 0.2) is 0 Å². The number of rotatable bonds is 10. The van der Waals surface area contributed by atoms with E-state index in [-0.39, 0.29) is 43.3 Å². The molecule has 1 aliphatic rings. The first-order valence-electron chi connectivity index (χ1n) is 11.5. The van der Waals surface area contributed by atoms with E-state index in [4.69, 9.17) is 4.74 Å². The van der Waals surface area contributed by atoms with E-state index in [0.717, 1.165) is 10.8 Å². The van der Waals surface area contributed by atoms with Crippen molar-refractivity contribution in [3.63, 3.8) is 0 Å². The van der Waals surface area contributed by atoms with Crippen molar-refractivity contribution in [3.05, 3.63) is 22.3 Å². The van der Waals surface area contributed by atoms with Crippen molar-refractivity contribution < 1.29 is 45.7 Å². The zero-order valence-electron chi connectivity index (χ0n) is 21.7. The molecule has 6 heteroatoms. The molecule has 0 bridgehead atoms. The second-order valence-electron chi connectivity index (χ2n) is 11.1. The van der Waals surface area contributed by atoms with E-state index in [2.05, 4.69) is 79.6 Å². The maximum atomic E-state index is 5.89. The van der Waals surface area contributed by atoms with E-state index >= 15 is 0 Å². The third kappa shape index (κ3) is 9.81. The summed E-state index contributed by atoms with van der Waals surface area (Å²) in [5.74, 6) is 0. The molecule has 0 saturated carbocycles. The Kier molecular flexibility index (Phi) is 15.0. The van der Waals surface area contributed by atoms with Gasteiger partial charge in [0, 0.05) is 0 Å². The van der Waals surface area contributed by atoms with Crippen LogP contribution >= 0.6 is 0 Å². The van der Waals surface area contributed by atoms with Crippen molar-refractivity contribution in [3.8, 4) is 0 Å². The van der Waals surface area contributed by atoms with Gasteiger partial charge in [0.2, 0.25) is 0 Å². The number of halogens is 2. The summed E-state index contributed by atoms with van der Waals surface area (Å²) in [6, 6.07) is 0. The van der Waals surface area contributed by atoms with Crippen LogP contribution in [0.4, 0.5) is 0 Å². The van der Waals surface area contributed by atoms with Crippen molar-refractivity contribution in [1.82, 2.24) is 3.80 Å². The van der Waals surface area contributed by atoms with Gasteiger partial charge in [0.25, 0.3) is 0 Å². The minimum Gasteiger partial charge on any atom is -1.00 e. The summed E-state index contributed by atoms with van der Waals surface area (Å²) in [5.41, 5.74) is 6.78. The summed E-state index contributed by atoms with van der Waals surface area (Å²) >= 11 is -2.18. The van der Waals surface area contributed by atoms with Gasteiger partial charge in [-0.05, 0) is 0 Å². The molecule has 1 rings (SSSR count). The molecule has 1 unspecified atom stereocenters. The fourth-order valence-electron chi connectivity index (χ4n) is 4.95. The van der Waals surface area contributed by atoms with Crippen LogP contribution < -0.4 is 28.6 Å². The Labute approximate surface area is 206 Å². The summed E-state index contributed by atoms with van der Waals surface area (Å²) in [6.07, 6.45) is 5.26. The maximum absolute atomic E-state index is 5.89. The van der Waals surface area contributed by atoms with E-state index in [1.54, 1.807) is 22.3 Å². The molecule has 2 nitrogen and oxygen atoms in total. The number of nitrogens with one attached hydrogen (secondary N) is 1. The molecule has 0 radical (unpaired) electrons. The SMILES string of the molecule is C[SiH2][Ti]([CH2]CCCCCOC(C)(C)C)([NH]C(C)(C)C)[CH]1C(C)=C(C)C(C)=C1C.[Cl-].[Cl-]. The van der Waals surface area contributed by atoms with Gasteiger partial charge in [-0.15, -0.1) is 0 Å². The Morgan fingerprint density at radius 3 is 1.70 bits per heavy atom. The number of allylic oxidation sites excluding steroid dienone is 4. The molecule has 1 atom stereocenters. The maximum Gasteiger partial charge on any atom is -1.00 e. The first kappa shape index (κ1) is 33.1. The third-order valence-corrected chi connectivity index (χ3v) is 24.5. The fourth-order valence-corrected chi connectivity index (χ4v) is 23.9. The standard InChI is InChI=1S/C10H21O.C9H13.C4H10N.CH5Si.2ClH.Ti/c1-5-6-7-8-9-11-10(2,3)4;1-6-5-7(2)9(4)8(6)3;1-4(2,3)5;1-2;;;/h1,5-9H2,2-4H3;5H,1-4H3;5H,1-3H3;2H2,1H3;2*1H;/q;;-1;;;;+1/p-2. The quantitative estimate of drug-likeness (QED) is 0.345. The van der Waals surface area contributed by atoms with E-state index < -0.39 is 16.1 Å². The van der Waals surface area contributed by atoms with Gasteiger partial charge in [-0.25, -0.2) is 0 Å². The van der Waals surface area contributed by atoms with Crippen LogP contribution in [0.5, 0.6) is 0 Å². The summed E-state index contributed by atoms with van der Waals surface area (Å²) in [5, 5.41) is 0. The molecule has 30 heavy (non-hydrogen) atoms. The molecular weight excluding hydrogens is 465 g/mol. The zero-order chi connectivity index (χ0) is 21.8. The van der Waals surface area contributed by atoms with Gasteiger partial charge in [-0.3, -0.25) is 0 Å². The van der Waals surface area contributed by atoms with Crippen LogP contribution in [-0.4, -0.2) is 25.1 Å². The molecule has 180 valence electrons. The van der Waals surface area contributed by atoms with Gasteiger partial charge in [0.05, 0.1) is 0 Å². The number of unbranched alkanes of at least 4 members (excludes halogenated alkanes) is 3. The largest absolute Gasteiger partial charge is 1.00 e. The summed E-state index contributed by atoms with van der Waals surface area (Å²) < 4.78 is 12.5. The Morgan fingerprint density at radius 2 is 1.30 bits per heavy atom. The van der Waals surface area contributed by atoms with Crippen molar-refractivity contribution in [2.24, 2.45) is 0 Å². The van der Waals surface area contributed by atoms with Crippen LogP contribution in [-0.2, 0) is 20.8 Å². The minimum atomic E-state index is -2.18. The van der Waals surface area contributed by atoms with Crippen LogP contribution in [0.15, 0.2) is 22.3 Å². The van der Waals surface area contributed by atoms with E-state index in [1.165, 1.54) is 30.4 Å². The van der Waals surface area contributed by atoms with Crippen molar-refractivity contribution in [2.75, 3.05) is 6.61 Å². The van der Waals surface area contributed by atoms with Crippen LogP contribution in [0.3, 0.4) is 0 Å². The van der Waals surface area contributed by atoms with E-state index in [1.807, 2.05) is 0 Å². The topological polar surface area (TPSA) is 21.3 Å². The Morgan fingerprint density at radius 1 is 0.833 bits per heavy atom. The molecule has 0 aromatic rings. The van der Waals surface area contributed by atoms with Crippen LogP contribution in [0.25, 0.3) is 0 Å². The first-order chi connectivity index (χ1) is 12.7. The Bertz CT molecular complexity index is 569. The molecule has 1 aliphatic carbocycles. The van der Waals surface area contributed by atoms with Crippen molar-refractivity contribution >= 4 is 7.39 Å². The van der Waals surface area contributed by atoms with E-state index in [0.29, 0.717) is 0 Å². The van der Waals surface area contributed by atoms with Gasteiger partial charge in [0.1, 0.15) is 0 Å². The molecule has 0 fully saturated rings. The molecule has 0 saturated heterocycles. The number of hydrogen-bond acceptors (Lipinski definition) is 2. The van der Waals surface area contributed by atoms with Crippen molar-refractivity contribution in [2.45, 2.75) is 122 Å². The second kappa shape index (κ2) is 13.6. The molecule has 0 aliphatic heterocycles. The van der Waals surface area contributed by atoms with Gasteiger partial charge in [-0.2, -0.15) is 0 Å². The third-order valence-electron chi connectivity index (χ3n) is 6.47. The average Bonchev–Trinajstić information content (AvgIpc) is 2.74. The summed E-state index contributed by atoms with van der Waals surface area (Å²) in [7, 11) is -0.0762. The number of ether oxygens (including phenoxy) is 1. The normalized spacial score (nSPS) is 18.1. The molecular formula is C24H49Cl2NOSiTi-2. The average molecular weight is 515 g/mol. The zero-order valence-corrected chi connectivity index (χ0v) is 26.2. The monoisotopic (exact) mass is 513 g/mol. The summed E-state index contributed by atoms with van der Waals surface area (Å²) in [4.78, 5) is 0. The van der Waals surface area contributed by atoms with Crippen LogP contribution in [0, 0.1) is 0 Å². The van der Waals surface area contributed by atoms with Gasteiger partial charge < -0.3 is 24.8 Å². The van der Waals surface area contributed by atoms with Crippen LogP contribution in [0.1, 0.15) is 94.9 Å². The molecule has 0 heterocycles. The molecule has 0 aromatic carbocycles. The predicted molar refractivity (Wildman–Crippen MR) is 127 cm³/mol. The molecule has 0 spiro atoms. The second-order valence-corrected chi connectivity index (χ2v) is 26.0. The minimum absolute atomic E-state index is 0. The van der Waals surface area contributed by atoms with E-state index in [9.17, 15) is 0 Å². The smallest absolute Gasteiger partial charge is 1.00 e.